The van der Waals surface area contributed by atoms with Crippen molar-refractivity contribution < 1.29 is 14.6 Å². The molecular weight excluding hydrogens is 430 g/mol. The van der Waals surface area contributed by atoms with Gasteiger partial charge in [0.25, 0.3) is 0 Å². The van der Waals surface area contributed by atoms with E-state index in [0.717, 1.165) is 17.2 Å². The Labute approximate surface area is 193 Å². The van der Waals surface area contributed by atoms with Crippen LogP contribution in [0, 0.1) is 12.3 Å². The summed E-state index contributed by atoms with van der Waals surface area (Å²) >= 11 is 7.90. The average molecular weight is 458 g/mol. The van der Waals surface area contributed by atoms with Crippen LogP contribution < -0.4 is 0 Å². The molecule has 1 aliphatic heterocycles. The van der Waals surface area contributed by atoms with Gasteiger partial charge in [0, 0.05) is 16.0 Å². The molecule has 0 saturated carbocycles. The van der Waals surface area contributed by atoms with Gasteiger partial charge in [0.2, 0.25) is 0 Å². The van der Waals surface area contributed by atoms with E-state index >= 15 is 0 Å². The van der Waals surface area contributed by atoms with Gasteiger partial charge in [0.05, 0.1) is 18.4 Å². The van der Waals surface area contributed by atoms with Gasteiger partial charge in [0.15, 0.2) is 0 Å². The standard InChI is InChI=1S/C25H28ClNO3S/c1-17-7-5-6-8-21(17)31-27-22(25(2,3)4)15-19(16-30-14-13-23(28)29)24(27)18-9-11-20(26)12-10-18/h5-15,22,24H,16H2,1-4H3,(H,28,29)/b14-13+. The molecule has 6 heteroatoms. The predicted octanol–water partition coefficient (Wildman–Crippen LogP) is 6.67. The van der Waals surface area contributed by atoms with Gasteiger partial charge in [-0.25, -0.2) is 9.10 Å². The topological polar surface area (TPSA) is 49.8 Å². The van der Waals surface area contributed by atoms with Crippen LogP contribution in [0.15, 0.2) is 77.4 Å². The van der Waals surface area contributed by atoms with Crippen molar-refractivity contribution in [2.75, 3.05) is 6.61 Å². The lowest BCUT2D eigenvalue weighted by Crippen LogP contribution is -2.37. The van der Waals surface area contributed by atoms with Crippen LogP contribution in [0.2, 0.25) is 5.02 Å². The largest absolute Gasteiger partial charge is 0.497 e. The number of benzene rings is 2. The van der Waals surface area contributed by atoms with Gasteiger partial charge >= 0.3 is 5.97 Å². The van der Waals surface area contributed by atoms with Crippen molar-refractivity contribution in [1.82, 2.24) is 4.31 Å². The number of carbonyl (C=O) groups is 1. The second-order valence-electron chi connectivity index (χ2n) is 8.68. The number of carboxylic acid groups (broad SMARTS) is 1. The average Bonchev–Trinajstić information content (AvgIpc) is 3.06. The van der Waals surface area contributed by atoms with Gasteiger partial charge in [-0.15, -0.1) is 0 Å². The van der Waals surface area contributed by atoms with E-state index in [1.807, 2.05) is 30.3 Å². The molecule has 0 aromatic heterocycles. The molecule has 0 bridgehead atoms. The second-order valence-corrected chi connectivity index (χ2v) is 10.2. The fourth-order valence-corrected chi connectivity index (χ4v) is 5.15. The summed E-state index contributed by atoms with van der Waals surface area (Å²) < 4.78 is 8.02. The lowest BCUT2D eigenvalue weighted by atomic mass is 9.87. The first-order valence-corrected chi connectivity index (χ1v) is 11.3. The third-order valence-electron chi connectivity index (χ3n) is 5.18. The van der Waals surface area contributed by atoms with E-state index in [0.29, 0.717) is 11.6 Å². The molecule has 164 valence electrons. The van der Waals surface area contributed by atoms with Crippen LogP contribution in [0.1, 0.15) is 37.9 Å². The number of aliphatic carboxylic acids is 1. The summed E-state index contributed by atoms with van der Waals surface area (Å²) in [6.45, 7) is 9.12. The lowest BCUT2D eigenvalue weighted by Gasteiger charge is -2.37. The second kappa shape index (κ2) is 9.94. The molecule has 0 aliphatic carbocycles. The van der Waals surface area contributed by atoms with E-state index in [1.165, 1.54) is 16.7 Å². The van der Waals surface area contributed by atoms with E-state index in [2.05, 4.69) is 56.3 Å². The molecule has 3 rings (SSSR count). The van der Waals surface area contributed by atoms with E-state index in [4.69, 9.17) is 21.4 Å². The summed E-state index contributed by atoms with van der Waals surface area (Å²) in [5, 5.41) is 9.53. The first-order valence-electron chi connectivity index (χ1n) is 10.2. The molecule has 2 aromatic rings. The molecule has 0 fully saturated rings. The molecule has 0 amide bonds. The first-order chi connectivity index (χ1) is 14.7. The zero-order valence-corrected chi connectivity index (χ0v) is 19.8. The predicted molar refractivity (Wildman–Crippen MR) is 127 cm³/mol. The fourth-order valence-electron chi connectivity index (χ4n) is 3.59. The number of rotatable bonds is 7. The van der Waals surface area contributed by atoms with E-state index in [-0.39, 0.29) is 17.5 Å². The van der Waals surface area contributed by atoms with E-state index in [1.54, 1.807) is 11.9 Å². The van der Waals surface area contributed by atoms with Gasteiger partial charge in [0.1, 0.15) is 6.61 Å². The normalized spacial score (nSPS) is 19.6. The highest BCUT2D eigenvalue weighted by molar-refractivity contribution is 7.97. The van der Waals surface area contributed by atoms with Crippen LogP contribution in [-0.2, 0) is 9.53 Å². The molecule has 4 nitrogen and oxygen atoms in total. The van der Waals surface area contributed by atoms with E-state index in [9.17, 15) is 4.79 Å². The van der Waals surface area contributed by atoms with Gasteiger partial charge in [-0.05, 0) is 59.2 Å². The zero-order chi connectivity index (χ0) is 22.6. The molecule has 0 radical (unpaired) electrons. The minimum Gasteiger partial charge on any atom is -0.497 e. The number of carboxylic acids is 1. The third-order valence-corrected chi connectivity index (χ3v) is 6.73. The van der Waals surface area contributed by atoms with Gasteiger partial charge in [-0.1, -0.05) is 68.8 Å². The molecule has 2 aromatic carbocycles. The SMILES string of the molecule is Cc1ccccc1SN1C(c2ccc(Cl)cc2)C(CO/C=C/C(=O)O)=CC1C(C)(C)C. The van der Waals surface area contributed by atoms with Crippen LogP contribution in [-0.4, -0.2) is 28.0 Å². The Kier molecular flexibility index (Phi) is 7.52. The molecular formula is C25H28ClNO3S. The number of hydrogen-bond donors (Lipinski definition) is 1. The monoisotopic (exact) mass is 457 g/mol. The van der Waals surface area contributed by atoms with Gasteiger partial charge in [-0.3, -0.25) is 0 Å². The molecule has 2 unspecified atom stereocenters. The third kappa shape index (κ3) is 5.94. The highest BCUT2D eigenvalue weighted by Gasteiger charge is 2.42. The maximum Gasteiger partial charge on any atom is 0.331 e. The van der Waals surface area contributed by atoms with Crippen molar-refractivity contribution in [3.63, 3.8) is 0 Å². The maximum absolute atomic E-state index is 10.8. The Morgan fingerprint density at radius 3 is 2.48 bits per heavy atom. The van der Waals surface area contributed by atoms with Crippen LogP contribution in [0.3, 0.4) is 0 Å². The highest BCUT2D eigenvalue weighted by Crippen LogP contribution is 2.48. The number of halogens is 1. The van der Waals surface area contributed by atoms with Crippen molar-refractivity contribution >= 4 is 29.5 Å². The van der Waals surface area contributed by atoms with Crippen molar-refractivity contribution in [2.24, 2.45) is 5.41 Å². The molecule has 1 aliphatic rings. The highest BCUT2D eigenvalue weighted by atomic mass is 35.5. The number of nitrogens with zero attached hydrogens (tertiary/aromatic N) is 1. The molecule has 31 heavy (non-hydrogen) atoms. The minimum atomic E-state index is -1.03. The van der Waals surface area contributed by atoms with Crippen molar-refractivity contribution in [3.05, 3.63) is 88.7 Å². The van der Waals surface area contributed by atoms with Crippen LogP contribution >= 0.6 is 23.5 Å². The summed E-state index contributed by atoms with van der Waals surface area (Å²) in [5.74, 6) is -1.03. The van der Waals surface area contributed by atoms with E-state index < -0.39 is 5.97 Å². The van der Waals surface area contributed by atoms with Crippen molar-refractivity contribution in [1.29, 1.82) is 0 Å². The van der Waals surface area contributed by atoms with Crippen molar-refractivity contribution in [3.8, 4) is 0 Å². The summed E-state index contributed by atoms with van der Waals surface area (Å²) in [4.78, 5) is 12.0. The van der Waals surface area contributed by atoms with Crippen LogP contribution in [0.25, 0.3) is 0 Å². The fraction of sp³-hybridized carbons (Fsp3) is 0.320. The Hall–Kier alpha value is -2.21. The molecule has 2 atom stereocenters. The van der Waals surface area contributed by atoms with Crippen molar-refractivity contribution in [2.45, 2.75) is 44.7 Å². The molecule has 0 saturated heterocycles. The summed E-state index contributed by atoms with van der Waals surface area (Å²) in [7, 11) is 0. The number of aryl methyl sites for hydroxylation is 1. The first kappa shape index (κ1) is 23.5. The Bertz CT molecular complexity index is 979. The molecule has 0 spiro atoms. The van der Waals surface area contributed by atoms with Crippen LogP contribution in [0.5, 0.6) is 0 Å². The number of hydrogen-bond acceptors (Lipinski definition) is 4. The van der Waals surface area contributed by atoms with Gasteiger partial charge < -0.3 is 9.84 Å². The minimum absolute atomic E-state index is 0.0149. The Morgan fingerprint density at radius 2 is 1.87 bits per heavy atom. The summed E-state index contributed by atoms with van der Waals surface area (Å²) in [6, 6.07) is 16.4. The van der Waals surface area contributed by atoms with Crippen LogP contribution in [0.4, 0.5) is 0 Å². The lowest BCUT2D eigenvalue weighted by molar-refractivity contribution is -0.131. The molecule has 1 N–H and O–H groups in total. The summed E-state index contributed by atoms with van der Waals surface area (Å²) in [6.07, 6.45) is 4.51. The maximum atomic E-state index is 10.8. The smallest absolute Gasteiger partial charge is 0.331 e. The zero-order valence-electron chi connectivity index (χ0n) is 18.2. The molecule has 1 heterocycles. The summed E-state index contributed by atoms with van der Waals surface area (Å²) in [5.41, 5.74) is 3.43. The Morgan fingerprint density at radius 1 is 1.19 bits per heavy atom. The van der Waals surface area contributed by atoms with Gasteiger partial charge in [-0.2, -0.15) is 0 Å². The number of ether oxygens (including phenoxy) is 1. The quantitative estimate of drug-likeness (QED) is 0.218. The Balaban J connectivity index is 2.00.